The molecule has 3 bridgehead atoms. The molecule has 0 amide bonds. The van der Waals surface area contributed by atoms with Crippen molar-refractivity contribution in [3.8, 4) is 35.8 Å². The zero-order chi connectivity index (χ0) is 82.7. The maximum Gasteiger partial charge on any atom is 0.107 e. The van der Waals surface area contributed by atoms with E-state index in [-0.39, 0.29) is 10.8 Å². The number of hydrogen-bond acceptors (Lipinski definition) is 3. The average Bonchev–Trinajstić information content (AvgIpc) is 1.51. The zero-order valence-corrected chi connectivity index (χ0v) is 75.1. The van der Waals surface area contributed by atoms with E-state index in [9.17, 15) is 0 Å². The van der Waals surface area contributed by atoms with Crippen molar-refractivity contribution in [2.24, 2.45) is 50.7 Å². The highest BCUT2D eigenvalue weighted by atomic mass is 16.5. The molecule has 6 saturated carbocycles. The SMILES string of the molecule is C#CCOC.C#CCOC.CC(C)(C)c1ccc2ccccc2c1.CC1(C)C2CC3CC4CC1CC34C2.CC1(C)CCCC1.CC1(C)CCCCC1.CC1(C)CCc2ccccc21.CC1(C)CCc2ccccc21.CC1(C)CCc2ccccc21.CC1(C)Cc2ccccc2C1.CC1(C)c2ccccc2-c2ccccc21.CO. The van der Waals surface area contributed by atoms with E-state index in [4.69, 9.17) is 18.0 Å². The molecule has 610 valence electrons. The average molecular weight is 1520 g/mol. The lowest BCUT2D eigenvalue weighted by Crippen LogP contribution is -2.42. The number of fused-ring (bicyclic) bond motifs is 10. The fourth-order valence-corrected chi connectivity index (χ4v) is 20.9. The summed E-state index contributed by atoms with van der Waals surface area (Å²) in [6.45, 7) is 45.5. The van der Waals surface area contributed by atoms with E-state index in [1.54, 1.807) is 90.8 Å². The Labute approximate surface area is 691 Å². The van der Waals surface area contributed by atoms with Crippen molar-refractivity contribution in [1.82, 2.24) is 0 Å². The molecular formula is C110H152O3. The summed E-state index contributed by atoms with van der Waals surface area (Å²) in [7, 11) is 4.14. The lowest BCUT2D eigenvalue weighted by Gasteiger charge is -2.50. The van der Waals surface area contributed by atoms with Crippen LogP contribution in [-0.2, 0) is 68.7 Å². The lowest BCUT2D eigenvalue weighted by molar-refractivity contribution is -0.00699. The van der Waals surface area contributed by atoms with Gasteiger partial charge < -0.3 is 14.6 Å². The van der Waals surface area contributed by atoms with Gasteiger partial charge in [-0.05, 0) is 265 Å². The molecule has 0 heterocycles. The number of ether oxygens (including phenoxy) is 2. The standard InChI is InChI=1S/C15H14.C14H16.C13H20.4C11H14.C8H16.C7H14.2C4H6O.CH4O/c1-15(2)13-9-5-3-7-11(13)12-8-4-6-10-14(12)15;1-14(2,3)13-9-8-11-6-4-5-7-12(11)10-13;1-12(2)10-4-8-3-9-5-11(12)7-13(8,9)6-10;1-11(2)7-9-5-3-4-6-10(9)8-11;3*1-11(2)8-7-9-5-3-4-6-10(9)11;1-8(2)6-4-3-5-7-8;1-7(2)5-3-4-6-7;2*1-3-4-5-2;1-2/h3-10H,1-2H3;4-10H,1-3H3;8-11H,3-7H2,1-2H3;4*3-6H,7-8H2,1-2H3;3-7H2,1-2H3;3-6H2,1-2H3;2*1H,4H2,2H3;2H,1H3. The van der Waals surface area contributed by atoms with Gasteiger partial charge in [0.1, 0.15) is 13.2 Å². The van der Waals surface area contributed by atoms with Crippen LogP contribution in [0.3, 0.4) is 0 Å². The molecular weight excluding hydrogens is 1370 g/mol. The number of methoxy groups -OCH3 is 2. The second-order valence-corrected chi connectivity index (χ2v) is 41.3. The highest BCUT2D eigenvalue weighted by molar-refractivity contribution is 5.83. The fraction of sp³-hybridized carbons (Fsp3) is 0.545. The first-order chi connectivity index (χ1) is 53.4. The molecule has 0 saturated heterocycles. The van der Waals surface area contributed by atoms with Crippen molar-refractivity contribution in [2.45, 2.75) is 300 Å². The van der Waals surface area contributed by atoms with Crippen molar-refractivity contribution in [1.29, 1.82) is 0 Å². The number of rotatable bonds is 2. The second kappa shape index (κ2) is 39.8. The van der Waals surface area contributed by atoms with Gasteiger partial charge in [0, 0.05) is 26.7 Å². The summed E-state index contributed by atoms with van der Waals surface area (Å²) in [5, 5.41) is 9.65. The predicted octanol–water partition coefficient (Wildman–Crippen LogP) is 28.8. The topological polar surface area (TPSA) is 38.7 Å². The number of terminal acetylenes is 2. The van der Waals surface area contributed by atoms with Gasteiger partial charge in [-0.3, -0.25) is 0 Å². The normalized spacial score (nSPS) is 23.1. The Hall–Kier alpha value is -6.98. The number of benzene rings is 8. The van der Waals surface area contributed by atoms with Crippen LogP contribution in [-0.4, -0.2) is 39.6 Å². The Bertz CT molecular complexity index is 4090. The Balaban J connectivity index is 0.000000157. The van der Waals surface area contributed by atoms with Gasteiger partial charge >= 0.3 is 0 Å². The van der Waals surface area contributed by atoms with Gasteiger partial charge in [-0.1, -0.05) is 364 Å². The van der Waals surface area contributed by atoms with E-state index in [1.807, 2.05) is 0 Å². The number of aliphatic hydroxyl groups is 1. The molecule has 113 heavy (non-hydrogen) atoms. The molecule has 11 aliphatic rings. The van der Waals surface area contributed by atoms with Crippen molar-refractivity contribution in [2.75, 3.05) is 34.5 Å². The second-order valence-electron chi connectivity index (χ2n) is 41.3. The highest BCUT2D eigenvalue weighted by Gasteiger charge is 2.70. The Morgan fingerprint density at radius 1 is 0.363 bits per heavy atom. The van der Waals surface area contributed by atoms with Crippen LogP contribution in [0.2, 0.25) is 0 Å². The monoisotopic (exact) mass is 1520 g/mol. The minimum atomic E-state index is 0.160. The minimum Gasteiger partial charge on any atom is -0.400 e. The Kier molecular flexibility index (Phi) is 32.2. The van der Waals surface area contributed by atoms with E-state index in [2.05, 4.69) is 341 Å². The van der Waals surface area contributed by atoms with Gasteiger partial charge in [-0.15, -0.1) is 12.8 Å². The Morgan fingerprint density at radius 3 is 1.00 bits per heavy atom. The van der Waals surface area contributed by atoms with Gasteiger partial charge in [0.05, 0.1) is 0 Å². The van der Waals surface area contributed by atoms with Gasteiger partial charge in [-0.25, -0.2) is 0 Å². The maximum absolute atomic E-state index is 7.00. The molecule has 1 N–H and O–H groups in total. The molecule has 4 atom stereocenters. The fourth-order valence-electron chi connectivity index (χ4n) is 20.9. The largest absolute Gasteiger partial charge is 0.400 e. The molecule has 4 unspecified atom stereocenters. The molecule has 11 aliphatic carbocycles. The summed E-state index contributed by atoms with van der Waals surface area (Å²) in [4.78, 5) is 0. The smallest absolute Gasteiger partial charge is 0.107 e. The highest BCUT2D eigenvalue weighted by Crippen LogP contribution is 2.79. The first-order valence-corrected chi connectivity index (χ1v) is 43.7. The predicted molar refractivity (Wildman–Crippen MR) is 490 cm³/mol. The van der Waals surface area contributed by atoms with E-state index in [0.29, 0.717) is 51.1 Å². The molecule has 6 fully saturated rings. The first kappa shape index (κ1) is 91.5. The maximum atomic E-state index is 7.00. The summed E-state index contributed by atoms with van der Waals surface area (Å²) in [6.07, 6.45) is 41.0. The molecule has 0 aliphatic heterocycles. The van der Waals surface area contributed by atoms with Crippen LogP contribution in [0, 0.1) is 75.4 Å². The third kappa shape index (κ3) is 23.9. The number of hydrogen-bond donors (Lipinski definition) is 1. The molecule has 19 rings (SSSR count). The van der Waals surface area contributed by atoms with Crippen LogP contribution < -0.4 is 0 Å². The van der Waals surface area contributed by atoms with Crippen LogP contribution >= 0.6 is 0 Å². The van der Waals surface area contributed by atoms with Crippen LogP contribution in [0.1, 0.15) is 302 Å². The molecule has 1 spiro atoms. The molecule has 3 heteroatoms. The molecule has 0 radical (unpaired) electrons. The number of aliphatic hydroxyl groups excluding tert-OH is 1. The van der Waals surface area contributed by atoms with E-state index < -0.39 is 0 Å². The van der Waals surface area contributed by atoms with Gasteiger partial charge in [-0.2, -0.15) is 0 Å². The summed E-state index contributed by atoms with van der Waals surface area (Å²) >= 11 is 0. The van der Waals surface area contributed by atoms with Crippen molar-refractivity contribution >= 4 is 10.8 Å². The lowest BCUT2D eigenvalue weighted by atomic mass is 9.55. The minimum absolute atomic E-state index is 0.160. The molecule has 8 aromatic carbocycles. The van der Waals surface area contributed by atoms with Crippen LogP contribution in [0.4, 0.5) is 0 Å². The van der Waals surface area contributed by atoms with Crippen LogP contribution in [0.15, 0.2) is 188 Å². The van der Waals surface area contributed by atoms with Crippen LogP contribution in [0.25, 0.3) is 21.9 Å². The third-order valence-electron chi connectivity index (χ3n) is 28.2. The summed E-state index contributed by atoms with van der Waals surface area (Å²) < 4.78 is 8.91. The summed E-state index contributed by atoms with van der Waals surface area (Å²) in [5.74, 6) is 9.14. The van der Waals surface area contributed by atoms with Gasteiger partial charge in [0.15, 0.2) is 0 Å². The van der Waals surface area contributed by atoms with Crippen molar-refractivity contribution < 1.29 is 14.6 Å². The molecule has 3 nitrogen and oxygen atoms in total. The van der Waals surface area contributed by atoms with Crippen LogP contribution in [0.5, 0.6) is 0 Å². The van der Waals surface area contributed by atoms with Crippen molar-refractivity contribution in [3.05, 3.63) is 249 Å². The molecule has 8 aromatic rings. The summed E-state index contributed by atoms with van der Waals surface area (Å²) in [5.41, 5.74) is 24.7. The molecule has 0 aromatic heterocycles. The number of aryl methyl sites for hydroxylation is 3. The quantitative estimate of drug-likeness (QED) is 0.175. The van der Waals surface area contributed by atoms with Gasteiger partial charge in [0.25, 0.3) is 0 Å². The Morgan fingerprint density at radius 2 is 0.681 bits per heavy atom. The zero-order valence-electron chi connectivity index (χ0n) is 75.1. The van der Waals surface area contributed by atoms with Gasteiger partial charge in [0.2, 0.25) is 0 Å². The van der Waals surface area contributed by atoms with E-state index >= 15 is 0 Å². The van der Waals surface area contributed by atoms with Crippen molar-refractivity contribution in [3.63, 3.8) is 0 Å². The summed E-state index contributed by atoms with van der Waals surface area (Å²) in [6, 6.07) is 67.9. The first-order valence-electron chi connectivity index (χ1n) is 43.7. The van der Waals surface area contributed by atoms with E-state index in [1.165, 1.54) is 160 Å². The van der Waals surface area contributed by atoms with E-state index in [0.717, 1.165) is 24.4 Å². The third-order valence-corrected chi connectivity index (χ3v) is 28.2.